The average Bonchev–Trinajstić information content (AvgIpc) is 2.76. The summed E-state index contributed by atoms with van der Waals surface area (Å²) in [5.74, 6) is 0. The zero-order valence-electron chi connectivity index (χ0n) is 21.3. The Hall–Kier alpha value is -2.39. The SMILES string of the molecule is CC(=Nc1c(C)c(C)cc(C)c1C)C1=CCC=C(C(C)=Nc2c(C)c(C)cc(C)c2C)S1. The van der Waals surface area contributed by atoms with Gasteiger partial charge in [-0.15, -0.1) is 0 Å². The van der Waals surface area contributed by atoms with Crippen LogP contribution in [0, 0.1) is 55.4 Å². The van der Waals surface area contributed by atoms with E-state index in [0.717, 1.165) is 29.2 Å². The Morgan fingerprint density at radius 2 is 0.906 bits per heavy atom. The van der Waals surface area contributed by atoms with E-state index in [-0.39, 0.29) is 0 Å². The van der Waals surface area contributed by atoms with Crippen molar-refractivity contribution in [2.24, 2.45) is 9.98 Å². The molecule has 32 heavy (non-hydrogen) atoms. The molecule has 0 aromatic heterocycles. The van der Waals surface area contributed by atoms with Gasteiger partial charge in [0, 0.05) is 9.81 Å². The van der Waals surface area contributed by atoms with Crippen LogP contribution < -0.4 is 0 Å². The van der Waals surface area contributed by atoms with E-state index in [2.05, 4.69) is 93.5 Å². The molecule has 2 aromatic rings. The number of hydrogen-bond donors (Lipinski definition) is 0. The first-order chi connectivity index (χ1) is 15.0. The van der Waals surface area contributed by atoms with Crippen molar-refractivity contribution in [1.82, 2.24) is 0 Å². The standard InChI is InChI=1S/C29H36N2S/c1-16-14-17(2)21(6)28(20(16)5)30-24(9)26-12-11-13-27(32-26)25(10)31-29-22(7)18(3)15-19(4)23(29)8/h12-15H,11H2,1-10H3. The first-order valence-electron chi connectivity index (χ1n) is 11.4. The molecule has 0 amide bonds. The van der Waals surface area contributed by atoms with Gasteiger partial charge >= 0.3 is 0 Å². The van der Waals surface area contributed by atoms with Crippen molar-refractivity contribution in [1.29, 1.82) is 0 Å². The molecule has 3 rings (SSSR count). The van der Waals surface area contributed by atoms with Crippen LogP contribution in [0.25, 0.3) is 0 Å². The summed E-state index contributed by atoms with van der Waals surface area (Å²) < 4.78 is 0. The van der Waals surface area contributed by atoms with E-state index >= 15 is 0 Å². The van der Waals surface area contributed by atoms with E-state index in [1.165, 1.54) is 54.3 Å². The van der Waals surface area contributed by atoms with Crippen molar-refractivity contribution >= 4 is 34.6 Å². The summed E-state index contributed by atoms with van der Waals surface area (Å²) in [5.41, 5.74) is 14.6. The molecule has 3 heteroatoms. The van der Waals surface area contributed by atoms with Gasteiger partial charge in [-0.05, 0) is 120 Å². The van der Waals surface area contributed by atoms with Crippen molar-refractivity contribution in [3.63, 3.8) is 0 Å². The van der Waals surface area contributed by atoms with Crippen LogP contribution in [0.3, 0.4) is 0 Å². The molecular formula is C29H36N2S. The largest absolute Gasteiger partial charge is 0.252 e. The third kappa shape index (κ3) is 4.83. The Balaban J connectivity index is 1.92. The minimum absolute atomic E-state index is 0.910. The summed E-state index contributed by atoms with van der Waals surface area (Å²) in [6.07, 6.45) is 5.47. The minimum atomic E-state index is 0.910. The zero-order valence-corrected chi connectivity index (χ0v) is 22.1. The van der Waals surface area contributed by atoms with Gasteiger partial charge in [-0.2, -0.15) is 0 Å². The number of benzene rings is 2. The second-order valence-electron chi connectivity index (χ2n) is 9.09. The zero-order chi connectivity index (χ0) is 23.7. The summed E-state index contributed by atoms with van der Waals surface area (Å²) in [5, 5.41) is 0. The average molecular weight is 445 g/mol. The number of aliphatic imine (C=N–C) groups is 2. The van der Waals surface area contributed by atoms with Crippen molar-refractivity contribution in [2.45, 2.75) is 75.7 Å². The van der Waals surface area contributed by atoms with Gasteiger partial charge in [-0.1, -0.05) is 36.0 Å². The molecule has 0 aliphatic carbocycles. The molecule has 1 aliphatic heterocycles. The van der Waals surface area contributed by atoms with Gasteiger partial charge in [-0.25, -0.2) is 0 Å². The molecule has 0 unspecified atom stereocenters. The van der Waals surface area contributed by atoms with Gasteiger partial charge in [0.1, 0.15) is 0 Å². The maximum absolute atomic E-state index is 5.09. The fraction of sp³-hybridized carbons (Fsp3) is 0.379. The van der Waals surface area contributed by atoms with Gasteiger partial charge in [0.2, 0.25) is 0 Å². The molecule has 0 saturated heterocycles. The van der Waals surface area contributed by atoms with E-state index in [1.54, 1.807) is 11.8 Å². The smallest absolute Gasteiger partial charge is 0.0696 e. The van der Waals surface area contributed by atoms with E-state index in [9.17, 15) is 0 Å². The molecular weight excluding hydrogens is 408 g/mol. The quantitative estimate of drug-likeness (QED) is 0.432. The van der Waals surface area contributed by atoms with Crippen molar-refractivity contribution < 1.29 is 0 Å². The maximum Gasteiger partial charge on any atom is 0.0696 e. The second kappa shape index (κ2) is 9.62. The predicted octanol–water partition coefficient (Wildman–Crippen LogP) is 8.94. The van der Waals surface area contributed by atoms with E-state index in [1.807, 2.05) is 0 Å². The second-order valence-corrected chi connectivity index (χ2v) is 10.2. The third-order valence-electron chi connectivity index (χ3n) is 6.75. The van der Waals surface area contributed by atoms with Crippen LogP contribution in [0.4, 0.5) is 11.4 Å². The van der Waals surface area contributed by atoms with Gasteiger partial charge in [0.25, 0.3) is 0 Å². The molecule has 168 valence electrons. The van der Waals surface area contributed by atoms with Crippen LogP contribution in [-0.2, 0) is 0 Å². The van der Waals surface area contributed by atoms with Crippen LogP contribution in [0.1, 0.15) is 64.8 Å². The Morgan fingerprint density at radius 1 is 0.594 bits per heavy atom. The highest BCUT2D eigenvalue weighted by atomic mass is 32.2. The molecule has 0 atom stereocenters. The lowest BCUT2D eigenvalue weighted by molar-refractivity contribution is 1.22. The molecule has 0 N–H and O–H groups in total. The molecule has 2 nitrogen and oxygen atoms in total. The normalized spacial score (nSPS) is 15.1. The third-order valence-corrected chi connectivity index (χ3v) is 8.12. The Bertz CT molecular complexity index is 1060. The van der Waals surface area contributed by atoms with Gasteiger partial charge in [-0.3, -0.25) is 9.98 Å². The summed E-state index contributed by atoms with van der Waals surface area (Å²) in [6, 6.07) is 4.51. The van der Waals surface area contributed by atoms with Crippen LogP contribution in [0.2, 0.25) is 0 Å². The summed E-state index contributed by atoms with van der Waals surface area (Å²) >= 11 is 1.79. The molecule has 0 bridgehead atoms. The Morgan fingerprint density at radius 3 is 1.22 bits per heavy atom. The number of aryl methyl sites for hydroxylation is 4. The molecule has 0 spiro atoms. The Labute approximate surface area is 198 Å². The lowest BCUT2D eigenvalue weighted by atomic mass is 9.99. The highest BCUT2D eigenvalue weighted by Crippen LogP contribution is 2.37. The van der Waals surface area contributed by atoms with Crippen molar-refractivity contribution in [3.05, 3.63) is 78.6 Å². The topological polar surface area (TPSA) is 24.7 Å². The fourth-order valence-electron chi connectivity index (χ4n) is 4.09. The van der Waals surface area contributed by atoms with E-state index in [0.29, 0.717) is 0 Å². The van der Waals surface area contributed by atoms with E-state index < -0.39 is 0 Å². The predicted molar refractivity (Wildman–Crippen MR) is 145 cm³/mol. The Kier molecular flexibility index (Phi) is 7.29. The van der Waals surface area contributed by atoms with Gasteiger partial charge < -0.3 is 0 Å². The highest BCUT2D eigenvalue weighted by molar-refractivity contribution is 8.08. The van der Waals surface area contributed by atoms with E-state index in [4.69, 9.17) is 9.98 Å². The monoisotopic (exact) mass is 444 g/mol. The van der Waals surface area contributed by atoms with Crippen LogP contribution in [-0.4, -0.2) is 11.4 Å². The molecule has 0 saturated carbocycles. The first-order valence-corrected chi connectivity index (χ1v) is 12.2. The molecule has 1 heterocycles. The molecule has 1 aliphatic rings. The molecule has 0 fully saturated rings. The van der Waals surface area contributed by atoms with Gasteiger partial charge in [0.05, 0.1) is 22.8 Å². The number of thioether (sulfide) groups is 1. The maximum atomic E-state index is 5.09. The van der Waals surface area contributed by atoms with Crippen LogP contribution >= 0.6 is 11.8 Å². The fourth-order valence-corrected chi connectivity index (χ4v) is 5.07. The van der Waals surface area contributed by atoms with Crippen molar-refractivity contribution in [3.8, 4) is 0 Å². The first kappa shape index (κ1) is 24.3. The lowest BCUT2D eigenvalue weighted by Gasteiger charge is -2.18. The molecule has 0 radical (unpaired) electrons. The number of allylic oxidation sites excluding steroid dienone is 4. The lowest BCUT2D eigenvalue weighted by Crippen LogP contribution is -2.03. The van der Waals surface area contributed by atoms with Crippen molar-refractivity contribution in [2.75, 3.05) is 0 Å². The summed E-state index contributed by atoms with van der Waals surface area (Å²) in [6.45, 7) is 21.6. The highest BCUT2D eigenvalue weighted by Gasteiger charge is 2.16. The number of nitrogens with zero attached hydrogens (tertiary/aromatic N) is 2. The number of hydrogen-bond acceptors (Lipinski definition) is 3. The summed E-state index contributed by atoms with van der Waals surface area (Å²) in [7, 11) is 0. The number of rotatable bonds is 4. The molecule has 2 aromatic carbocycles. The minimum Gasteiger partial charge on any atom is -0.252 e. The van der Waals surface area contributed by atoms with Gasteiger partial charge in [0.15, 0.2) is 0 Å². The summed E-state index contributed by atoms with van der Waals surface area (Å²) in [4.78, 5) is 12.6. The van der Waals surface area contributed by atoms with Crippen LogP contribution in [0.5, 0.6) is 0 Å². The van der Waals surface area contributed by atoms with Crippen LogP contribution in [0.15, 0.2) is 44.1 Å².